The van der Waals surface area contributed by atoms with Crippen LogP contribution in [0.5, 0.6) is 0 Å². The molecule has 0 aromatic carbocycles. The molecule has 0 radical (unpaired) electrons. The van der Waals surface area contributed by atoms with Crippen molar-refractivity contribution < 1.29 is 4.74 Å². The number of aryl methyl sites for hydroxylation is 1. The first-order chi connectivity index (χ1) is 11.7. The summed E-state index contributed by atoms with van der Waals surface area (Å²) in [6.07, 6.45) is 1.88. The highest BCUT2D eigenvalue weighted by Gasteiger charge is 2.20. The van der Waals surface area contributed by atoms with Gasteiger partial charge in [-0.05, 0) is 38.3 Å². The SMILES string of the molecule is CCOCc1nc2c(c(N(C)Cc3snnc3C)n1)CCNCC2. The van der Waals surface area contributed by atoms with E-state index >= 15 is 0 Å². The second kappa shape index (κ2) is 7.96. The number of rotatable bonds is 6. The maximum Gasteiger partial charge on any atom is 0.156 e. The zero-order chi connectivity index (χ0) is 16.9. The molecule has 3 heterocycles. The smallest absolute Gasteiger partial charge is 0.156 e. The van der Waals surface area contributed by atoms with E-state index in [0.29, 0.717) is 13.2 Å². The van der Waals surface area contributed by atoms with Crippen molar-refractivity contribution >= 4 is 17.4 Å². The van der Waals surface area contributed by atoms with E-state index in [9.17, 15) is 0 Å². The lowest BCUT2D eigenvalue weighted by atomic mass is 10.1. The maximum atomic E-state index is 5.52. The molecular formula is C16H24N6OS. The van der Waals surface area contributed by atoms with Crippen molar-refractivity contribution in [2.45, 2.75) is 39.8 Å². The first-order valence-corrected chi connectivity index (χ1v) is 9.12. The van der Waals surface area contributed by atoms with Gasteiger partial charge in [0.25, 0.3) is 0 Å². The molecule has 0 fully saturated rings. The van der Waals surface area contributed by atoms with E-state index in [0.717, 1.165) is 55.5 Å². The van der Waals surface area contributed by atoms with E-state index < -0.39 is 0 Å². The van der Waals surface area contributed by atoms with Crippen LogP contribution in [0.4, 0.5) is 5.82 Å². The Morgan fingerprint density at radius 3 is 2.83 bits per heavy atom. The van der Waals surface area contributed by atoms with Crippen LogP contribution in [-0.2, 0) is 30.7 Å². The summed E-state index contributed by atoms with van der Waals surface area (Å²) in [5.74, 6) is 1.77. The van der Waals surface area contributed by atoms with Crippen molar-refractivity contribution in [2.24, 2.45) is 0 Å². The molecule has 7 nitrogen and oxygen atoms in total. The predicted octanol–water partition coefficient (Wildman–Crippen LogP) is 1.50. The molecule has 0 saturated carbocycles. The Morgan fingerprint density at radius 2 is 2.08 bits per heavy atom. The number of anilines is 1. The fourth-order valence-electron chi connectivity index (χ4n) is 2.84. The minimum Gasteiger partial charge on any atom is -0.374 e. The molecule has 1 aliphatic rings. The third kappa shape index (κ3) is 3.88. The lowest BCUT2D eigenvalue weighted by Gasteiger charge is -2.22. The second-order valence-corrected chi connectivity index (χ2v) is 6.75. The van der Waals surface area contributed by atoms with E-state index in [1.807, 2.05) is 13.8 Å². The van der Waals surface area contributed by atoms with E-state index in [4.69, 9.17) is 14.7 Å². The van der Waals surface area contributed by atoms with E-state index in [2.05, 4.69) is 26.9 Å². The minimum absolute atomic E-state index is 0.458. The molecule has 0 atom stereocenters. The summed E-state index contributed by atoms with van der Waals surface area (Å²) >= 11 is 1.45. The average molecular weight is 348 g/mol. The van der Waals surface area contributed by atoms with Crippen LogP contribution in [-0.4, -0.2) is 46.3 Å². The van der Waals surface area contributed by atoms with Crippen molar-refractivity contribution in [1.82, 2.24) is 24.9 Å². The molecule has 8 heteroatoms. The van der Waals surface area contributed by atoms with Crippen molar-refractivity contribution in [3.63, 3.8) is 0 Å². The fourth-order valence-corrected chi connectivity index (χ4v) is 3.52. The van der Waals surface area contributed by atoms with Gasteiger partial charge in [-0.3, -0.25) is 0 Å². The van der Waals surface area contributed by atoms with Gasteiger partial charge in [0.1, 0.15) is 12.4 Å². The van der Waals surface area contributed by atoms with Crippen molar-refractivity contribution in [3.8, 4) is 0 Å². The fraction of sp³-hybridized carbons (Fsp3) is 0.625. The molecule has 0 aliphatic carbocycles. The normalized spacial score (nSPS) is 14.3. The number of nitrogens with one attached hydrogen (secondary N) is 1. The largest absolute Gasteiger partial charge is 0.374 e. The summed E-state index contributed by atoms with van der Waals surface area (Å²) in [7, 11) is 2.07. The molecular weight excluding hydrogens is 324 g/mol. The Hall–Kier alpha value is -1.64. The predicted molar refractivity (Wildman–Crippen MR) is 94.4 cm³/mol. The second-order valence-electron chi connectivity index (χ2n) is 5.91. The first-order valence-electron chi connectivity index (χ1n) is 8.35. The van der Waals surface area contributed by atoms with E-state index in [1.165, 1.54) is 22.0 Å². The summed E-state index contributed by atoms with van der Waals surface area (Å²) in [6, 6.07) is 0. The lowest BCUT2D eigenvalue weighted by molar-refractivity contribution is 0.128. The number of ether oxygens (including phenoxy) is 1. The number of fused-ring (bicyclic) bond motifs is 1. The topological polar surface area (TPSA) is 76.1 Å². The number of hydrogen-bond donors (Lipinski definition) is 1. The zero-order valence-electron chi connectivity index (χ0n) is 14.5. The summed E-state index contributed by atoms with van der Waals surface area (Å²) in [5, 5.41) is 7.55. The zero-order valence-corrected chi connectivity index (χ0v) is 15.3. The molecule has 130 valence electrons. The molecule has 0 spiro atoms. The summed E-state index contributed by atoms with van der Waals surface area (Å²) in [6.45, 7) is 7.78. The third-order valence-corrected chi connectivity index (χ3v) is 4.94. The number of aromatic nitrogens is 4. The van der Waals surface area contributed by atoms with Crippen LogP contribution in [0.25, 0.3) is 0 Å². The molecule has 0 saturated heterocycles. The molecule has 2 aromatic rings. The average Bonchev–Trinajstić information content (AvgIpc) is 2.84. The highest BCUT2D eigenvalue weighted by atomic mass is 32.1. The molecule has 0 amide bonds. The first kappa shape index (κ1) is 17.2. The number of hydrogen-bond acceptors (Lipinski definition) is 8. The quantitative estimate of drug-likeness (QED) is 0.848. The van der Waals surface area contributed by atoms with Crippen molar-refractivity contribution in [2.75, 3.05) is 31.6 Å². The molecule has 0 unspecified atom stereocenters. The molecule has 1 N–H and O–H groups in total. The van der Waals surface area contributed by atoms with Crippen molar-refractivity contribution in [1.29, 1.82) is 0 Å². The monoisotopic (exact) mass is 348 g/mol. The van der Waals surface area contributed by atoms with Crippen LogP contribution in [0.3, 0.4) is 0 Å². The van der Waals surface area contributed by atoms with Gasteiger partial charge >= 0.3 is 0 Å². The van der Waals surface area contributed by atoms with Gasteiger partial charge in [0.2, 0.25) is 0 Å². The van der Waals surface area contributed by atoms with Crippen molar-refractivity contribution in [3.05, 3.63) is 27.7 Å². The van der Waals surface area contributed by atoms with Crippen LogP contribution >= 0.6 is 11.5 Å². The molecule has 1 aliphatic heterocycles. The Bertz CT molecular complexity index is 689. The number of nitrogens with zero attached hydrogens (tertiary/aromatic N) is 5. The van der Waals surface area contributed by atoms with E-state index in [1.54, 1.807) is 0 Å². The maximum absolute atomic E-state index is 5.52. The Balaban J connectivity index is 1.92. The van der Waals surface area contributed by atoms with Crippen LogP contribution in [0.1, 0.15) is 34.6 Å². The Labute approximate surface area is 146 Å². The van der Waals surface area contributed by atoms with Crippen LogP contribution in [0.2, 0.25) is 0 Å². The standard InChI is InChI=1S/C16H24N6OS/c1-4-23-10-15-18-13-6-8-17-7-5-12(13)16(19-15)22(3)9-14-11(2)20-21-24-14/h17H,4-10H2,1-3H3. The third-order valence-electron chi connectivity index (χ3n) is 4.13. The lowest BCUT2D eigenvalue weighted by Crippen LogP contribution is -2.22. The summed E-state index contributed by atoms with van der Waals surface area (Å²) in [4.78, 5) is 12.9. The molecule has 3 rings (SSSR count). The van der Waals surface area contributed by atoms with E-state index in [-0.39, 0.29) is 0 Å². The summed E-state index contributed by atoms with van der Waals surface area (Å²) < 4.78 is 9.56. The molecule has 2 aromatic heterocycles. The molecule has 24 heavy (non-hydrogen) atoms. The Morgan fingerprint density at radius 1 is 1.25 bits per heavy atom. The van der Waals surface area contributed by atoms with Gasteiger partial charge in [0.15, 0.2) is 5.82 Å². The van der Waals surface area contributed by atoms with Crippen LogP contribution in [0, 0.1) is 6.92 Å². The van der Waals surface area contributed by atoms with Gasteiger partial charge < -0.3 is 15.0 Å². The highest BCUT2D eigenvalue weighted by Crippen LogP contribution is 2.25. The molecule has 0 bridgehead atoms. The van der Waals surface area contributed by atoms with Gasteiger partial charge in [-0.15, -0.1) is 5.10 Å². The van der Waals surface area contributed by atoms with Gasteiger partial charge in [0, 0.05) is 32.2 Å². The van der Waals surface area contributed by atoms with Gasteiger partial charge in [0.05, 0.1) is 22.8 Å². The minimum atomic E-state index is 0.458. The highest BCUT2D eigenvalue weighted by molar-refractivity contribution is 7.05. The van der Waals surface area contributed by atoms with Gasteiger partial charge in [-0.2, -0.15) is 0 Å². The Kier molecular flexibility index (Phi) is 5.70. The van der Waals surface area contributed by atoms with Crippen LogP contribution < -0.4 is 10.2 Å². The summed E-state index contributed by atoms with van der Waals surface area (Å²) in [5.41, 5.74) is 3.38. The van der Waals surface area contributed by atoms with Gasteiger partial charge in [-0.25, -0.2) is 9.97 Å². The van der Waals surface area contributed by atoms with Gasteiger partial charge in [-0.1, -0.05) is 4.49 Å². The van der Waals surface area contributed by atoms with Crippen LogP contribution in [0.15, 0.2) is 0 Å².